The Kier molecular flexibility index (Phi) is 2.97. The van der Waals surface area contributed by atoms with E-state index in [2.05, 4.69) is 0 Å². The van der Waals surface area contributed by atoms with Crippen LogP contribution in [0.3, 0.4) is 0 Å². The van der Waals surface area contributed by atoms with Crippen molar-refractivity contribution in [2.45, 2.75) is 37.6 Å². The number of benzene rings is 1. The molecule has 2 rings (SSSR count). The highest BCUT2D eigenvalue weighted by Gasteiger charge is 2.34. The quantitative estimate of drug-likeness (QED) is 0.811. The van der Waals surface area contributed by atoms with Gasteiger partial charge in [-0.25, -0.2) is 0 Å². The zero-order valence-corrected chi connectivity index (χ0v) is 9.28. The fourth-order valence-corrected chi connectivity index (χ4v) is 2.10. The van der Waals surface area contributed by atoms with Gasteiger partial charge in [-0.2, -0.15) is 0 Å². The maximum Gasteiger partial charge on any atom is 0.139 e. The number of carbonyl (C=O) groups is 1. The first-order chi connectivity index (χ1) is 7.57. The third-order valence-corrected chi connectivity index (χ3v) is 3.24. The second-order valence-corrected chi connectivity index (χ2v) is 4.77. The number of phenols is 1. The molecule has 1 saturated carbocycles. The molecule has 1 aromatic carbocycles. The Bertz CT molecular complexity index is 379. The summed E-state index contributed by atoms with van der Waals surface area (Å²) in [6, 6.07) is 6.75. The lowest BCUT2D eigenvalue weighted by molar-refractivity contribution is -0.120. The first-order valence-corrected chi connectivity index (χ1v) is 5.66. The molecule has 0 aliphatic heterocycles. The van der Waals surface area contributed by atoms with Crippen molar-refractivity contribution in [3.63, 3.8) is 0 Å². The smallest absolute Gasteiger partial charge is 0.139 e. The van der Waals surface area contributed by atoms with Crippen LogP contribution in [0.15, 0.2) is 24.3 Å². The Morgan fingerprint density at radius 2 is 1.94 bits per heavy atom. The van der Waals surface area contributed by atoms with Gasteiger partial charge < -0.3 is 10.8 Å². The van der Waals surface area contributed by atoms with Crippen LogP contribution in [0.1, 0.15) is 31.2 Å². The Hall–Kier alpha value is -1.35. The molecule has 3 N–H and O–H groups in total. The van der Waals surface area contributed by atoms with Gasteiger partial charge in [-0.05, 0) is 37.0 Å². The summed E-state index contributed by atoms with van der Waals surface area (Å²) >= 11 is 0. The molecule has 86 valence electrons. The van der Waals surface area contributed by atoms with Gasteiger partial charge in [0, 0.05) is 18.4 Å². The molecule has 0 saturated heterocycles. The Balaban J connectivity index is 1.89. The van der Waals surface area contributed by atoms with Crippen LogP contribution in [-0.2, 0) is 11.2 Å². The third-order valence-electron chi connectivity index (χ3n) is 3.24. The van der Waals surface area contributed by atoms with Gasteiger partial charge in [0.05, 0.1) is 0 Å². The van der Waals surface area contributed by atoms with E-state index in [9.17, 15) is 4.79 Å². The molecule has 16 heavy (non-hydrogen) atoms. The van der Waals surface area contributed by atoms with Crippen LogP contribution in [0.2, 0.25) is 0 Å². The molecule has 0 aromatic heterocycles. The molecule has 0 bridgehead atoms. The van der Waals surface area contributed by atoms with Crippen molar-refractivity contribution in [1.29, 1.82) is 0 Å². The Labute approximate surface area is 95.3 Å². The van der Waals surface area contributed by atoms with Gasteiger partial charge in [-0.15, -0.1) is 0 Å². The summed E-state index contributed by atoms with van der Waals surface area (Å²) < 4.78 is 0. The molecule has 0 heterocycles. The number of hydrogen-bond acceptors (Lipinski definition) is 3. The van der Waals surface area contributed by atoms with Crippen LogP contribution in [-0.4, -0.2) is 16.4 Å². The summed E-state index contributed by atoms with van der Waals surface area (Å²) in [5.41, 5.74) is 6.73. The predicted molar refractivity (Wildman–Crippen MR) is 62.2 cm³/mol. The maximum atomic E-state index is 11.8. The van der Waals surface area contributed by atoms with E-state index in [1.165, 1.54) is 0 Å². The second-order valence-electron chi connectivity index (χ2n) is 4.77. The van der Waals surface area contributed by atoms with Crippen LogP contribution >= 0.6 is 0 Å². The number of aromatic hydroxyl groups is 1. The van der Waals surface area contributed by atoms with Gasteiger partial charge in [0.25, 0.3) is 0 Å². The maximum absolute atomic E-state index is 11.8. The highest BCUT2D eigenvalue weighted by atomic mass is 16.3. The molecule has 1 aliphatic carbocycles. The molecule has 1 aliphatic rings. The molecule has 3 heteroatoms. The SMILES string of the molecule is NC1(CC(=O)Cc2ccc(O)cc2)CCC1. The van der Waals surface area contributed by atoms with E-state index in [1.54, 1.807) is 24.3 Å². The molecule has 0 amide bonds. The number of carbonyl (C=O) groups excluding carboxylic acids is 1. The standard InChI is InChI=1S/C13H17NO2/c14-13(6-1-7-13)9-12(16)8-10-2-4-11(15)5-3-10/h2-5,15H,1,6-9,14H2. The Morgan fingerprint density at radius 1 is 1.31 bits per heavy atom. The summed E-state index contributed by atoms with van der Waals surface area (Å²) in [5.74, 6) is 0.415. The zero-order chi connectivity index (χ0) is 11.6. The van der Waals surface area contributed by atoms with E-state index in [-0.39, 0.29) is 17.1 Å². The second kappa shape index (κ2) is 4.26. The normalized spacial score (nSPS) is 17.8. The van der Waals surface area contributed by atoms with Crippen LogP contribution in [0.5, 0.6) is 5.75 Å². The van der Waals surface area contributed by atoms with Crippen LogP contribution < -0.4 is 5.73 Å². The molecule has 1 aromatic rings. The molecular weight excluding hydrogens is 202 g/mol. The Morgan fingerprint density at radius 3 is 2.44 bits per heavy atom. The van der Waals surface area contributed by atoms with Crippen molar-refractivity contribution in [2.24, 2.45) is 5.73 Å². The summed E-state index contributed by atoms with van der Waals surface area (Å²) in [5, 5.41) is 9.12. The number of nitrogens with two attached hydrogens (primary N) is 1. The van der Waals surface area contributed by atoms with Crippen molar-refractivity contribution >= 4 is 5.78 Å². The number of Topliss-reactive ketones (excluding diaryl/α,β-unsaturated/α-hetero) is 1. The van der Waals surface area contributed by atoms with Crippen LogP contribution in [0.25, 0.3) is 0 Å². The minimum absolute atomic E-state index is 0.188. The fourth-order valence-electron chi connectivity index (χ4n) is 2.10. The van der Waals surface area contributed by atoms with E-state index in [1.807, 2.05) is 0 Å². The summed E-state index contributed by atoms with van der Waals surface area (Å²) in [4.78, 5) is 11.8. The van der Waals surface area contributed by atoms with Crippen molar-refractivity contribution in [2.75, 3.05) is 0 Å². The zero-order valence-electron chi connectivity index (χ0n) is 9.28. The lowest BCUT2D eigenvalue weighted by Gasteiger charge is -2.37. The van der Waals surface area contributed by atoms with Crippen molar-refractivity contribution < 1.29 is 9.90 Å². The van der Waals surface area contributed by atoms with E-state index in [0.29, 0.717) is 12.8 Å². The molecule has 1 fully saturated rings. The van der Waals surface area contributed by atoms with Gasteiger partial charge in [-0.1, -0.05) is 12.1 Å². The summed E-state index contributed by atoms with van der Waals surface area (Å²) in [7, 11) is 0. The highest BCUT2D eigenvalue weighted by Crippen LogP contribution is 2.32. The molecule has 0 unspecified atom stereocenters. The van der Waals surface area contributed by atoms with E-state index < -0.39 is 0 Å². The van der Waals surface area contributed by atoms with Crippen molar-refractivity contribution in [3.05, 3.63) is 29.8 Å². The van der Waals surface area contributed by atoms with Gasteiger partial charge in [0.15, 0.2) is 0 Å². The van der Waals surface area contributed by atoms with Gasteiger partial charge in [-0.3, -0.25) is 4.79 Å². The fraction of sp³-hybridized carbons (Fsp3) is 0.462. The number of phenolic OH excluding ortho intramolecular Hbond substituents is 1. The molecule has 3 nitrogen and oxygen atoms in total. The van der Waals surface area contributed by atoms with E-state index in [4.69, 9.17) is 10.8 Å². The lowest BCUT2D eigenvalue weighted by Crippen LogP contribution is -2.48. The van der Waals surface area contributed by atoms with Crippen molar-refractivity contribution in [1.82, 2.24) is 0 Å². The minimum Gasteiger partial charge on any atom is -0.508 e. The van der Waals surface area contributed by atoms with Gasteiger partial charge >= 0.3 is 0 Å². The van der Waals surface area contributed by atoms with Crippen molar-refractivity contribution in [3.8, 4) is 5.75 Å². The monoisotopic (exact) mass is 219 g/mol. The third kappa shape index (κ3) is 2.61. The molecule has 0 spiro atoms. The molecule has 0 radical (unpaired) electrons. The summed E-state index contributed by atoms with van der Waals surface area (Å²) in [6.45, 7) is 0. The van der Waals surface area contributed by atoms with Gasteiger partial charge in [0.1, 0.15) is 11.5 Å². The number of ketones is 1. The average Bonchev–Trinajstić information content (AvgIpc) is 2.19. The number of rotatable bonds is 4. The first-order valence-electron chi connectivity index (χ1n) is 5.66. The molecular formula is C13H17NO2. The highest BCUT2D eigenvalue weighted by molar-refractivity contribution is 5.82. The average molecular weight is 219 g/mol. The topological polar surface area (TPSA) is 63.3 Å². The largest absolute Gasteiger partial charge is 0.508 e. The number of hydrogen-bond donors (Lipinski definition) is 2. The van der Waals surface area contributed by atoms with E-state index >= 15 is 0 Å². The van der Waals surface area contributed by atoms with Crippen LogP contribution in [0, 0.1) is 0 Å². The van der Waals surface area contributed by atoms with Crippen LogP contribution in [0.4, 0.5) is 0 Å². The summed E-state index contributed by atoms with van der Waals surface area (Å²) in [6.07, 6.45) is 3.97. The molecule has 0 atom stereocenters. The van der Waals surface area contributed by atoms with E-state index in [0.717, 1.165) is 24.8 Å². The van der Waals surface area contributed by atoms with Gasteiger partial charge in [0.2, 0.25) is 0 Å². The predicted octanol–water partition coefficient (Wildman–Crippen LogP) is 1.78. The minimum atomic E-state index is -0.228. The lowest BCUT2D eigenvalue weighted by atomic mass is 9.74. The first kappa shape index (κ1) is 11.1.